The minimum Gasteiger partial charge on any atom is -0.351 e. The van der Waals surface area contributed by atoms with Crippen molar-refractivity contribution in [1.29, 1.82) is 0 Å². The molecule has 20 heavy (non-hydrogen) atoms. The number of carbonyl (C=O) groups is 1. The Morgan fingerprint density at radius 3 is 2.55 bits per heavy atom. The van der Waals surface area contributed by atoms with Gasteiger partial charge in [0.15, 0.2) is 0 Å². The van der Waals surface area contributed by atoms with Crippen LogP contribution in [0.25, 0.3) is 11.3 Å². The molecule has 1 aromatic heterocycles. The van der Waals surface area contributed by atoms with Crippen LogP contribution in [0.15, 0.2) is 42.5 Å². The number of benzene rings is 1. The molecule has 0 aliphatic rings. The minimum atomic E-state index is -0.0694. The fraction of sp³-hybridized carbons (Fsp3) is 0.267. The Hall–Kier alpha value is -1.78. The monoisotopic (exact) mass is 293 g/mol. The van der Waals surface area contributed by atoms with E-state index in [0.717, 1.165) is 24.3 Å². The molecule has 1 amide bonds. The van der Waals surface area contributed by atoms with Crippen molar-refractivity contribution in [3.8, 4) is 11.3 Å². The summed E-state index contributed by atoms with van der Waals surface area (Å²) in [5.41, 5.74) is 2.63. The molecule has 2 rings (SSSR count). The molecule has 0 spiro atoms. The van der Waals surface area contributed by atoms with Gasteiger partial charge in [-0.05, 0) is 24.2 Å². The molecule has 0 aliphatic carbocycles. The van der Waals surface area contributed by atoms with E-state index in [1.54, 1.807) is 0 Å². The van der Waals surface area contributed by atoms with Gasteiger partial charge >= 0.3 is 0 Å². The highest BCUT2D eigenvalue weighted by Crippen LogP contribution is 2.17. The van der Waals surface area contributed by atoms with Crippen molar-refractivity contribution < 1.29 is 4.79 Å². The van der Waals surface area contributed by atoms with E-state index < -0.39 is 0 Å². The van der Waals surface area contributed by atoms with Crippen LogP contribution in [-0.2, 0) is 0 Å². The van der Waals surface area contributed by atoms with Crippen LogP contribution >= 0.6 is 12.4 Å². The third-order valence-electron chi connectivity index (χ3n) is 2.85. The predicted molar refractivity (Wildman–Crippen MR) is 84.4 cm³/mol. The molecule has 0 atom stereocenters. The highest BCUT2D eigenvalue weighted by Gasteiger charge is 2.08. The fourth-order valence-corrected chi connectivity index (χ4v) is 1.85. The van der Waals surface area contributed by atoms with Crippen molar-refractivity contribution >= 4 is 18.3 Å². The quantitative estimate of drug-likeness (QED) is 0.717. The summed E-state index contributed by atoms with van der Waals surface area (Å²) in [6.07, 6.45) is 0. The Bertz CT molecular complexity index is 525. The Labute approximate surface area is 125 Å². The largest absolute Gasteiger partial charge is 0.351 e. The average Bonchev–Trinajstić information content (AvgIpc) is 2.94. The van der Waals surface area contributed by atoms with Gasteiger partial charge in [-0.2, -0.15) is 0 Å². The first-order valence-corrected chi connectivity index (χ1v) is 6.54. The zero-order valence-corrected chi connectivity index (χ0v) is 12.3. The van der Waals surface area contributed by atoms with Crippen molar-refractivity contribution in [3.05, 3.63) is 48.2 Å². The third kappa shape index (κ3) is 4.40. The van der Waals surface area contributed by atoms with E-state index in [1.165, 1.54) is 0 Å². The number of hydrogen-bond acceptors (Lipinski definition) is 2. The van der Waals surface area contributed by atoms with E-state index in [-0.39, 0.29) is 18.3 Å². The van der Waals surface area contributed by atoms with Crippen LogP contribution in [0.4, 0.5) is 0 Å². The topological polar surface area (TPSA) is 56.9 Å². The summed E-state index contributed by atoms with van der Waals surface area (Å²) in [6.45, 7) is 4.37. The van der Waals surface area contributed by atoms with Crippen LogP contribution in [0.5, 0.6) is 0 Å². The summed E-state index contributed by atoms with van der Waals surface area (Å²) < 4.78 is 0. The SMILES string of the molecule is CCNCCNC(=O)c1ccc(-c2ccccc2)[nH]1.Cl. The highest BCUT2D eigenvalue weighted by atomic mass is 35.5. The van der Waals surface area contributed by atoms with Crippen LogP contribution in [0, 0.1) is 0 Å². The first-order chi connectivity index (χ1) is 9.31. The maximum Gasteiger partial charge on any atom is 0.267 e. The lowest BCUT2D eigenvalue weighted by Gasteiger charge is -2.04. The lowest BCUT2D eigenvalue weighted by atomic mass is 10.2. The van der Waals surface area contributed by atoms with Crippen molar-refractivity contribution in [2.24, 2.45) is 0 Å². The van der Waals surface area contributed by atoms with Crippen LogP contribution in [0.3, 0.4) is 0 Å². The van der Waals surface area contributed by atoms with Crippen LogP contribution in [0.2, 0.25) is 0 Å². The van der Waals surface area contributed by atoms with Crippen LogP contribution in [0.1, 0.15) is 17.4 Å². The fourth-order valence-electron chi connectivity index (χ4n) is 1.85. The molecule has 0 saturated heterocycles. The summed E-state index contributed by atoms with van der Waals surface area (Å²) in [4.78, 5) is 15.0. The number of aromatic nitrogens is 1. The number of H-pyrrole nitrogens is 1. The van der Waals surface area contributed by atoms with E-state index in [9.17, 15) is 4.79 Å². The van der Waals surface area contributed by atoms with Gasteiger partial charge in [-0.3, -0.25) is 4.79 Å². The van der Waals surface area contributed by atoms with Gasteiger partial charge < -0.3 is 15.6 Å². The van der Waals surface area contributed by atoms with Gasteiger partial charge in [-0.25, -0.2) is 0 Å². The van der Waals surface area contributed by atoms with E-state index in [2.05, 4.69) is 15.6 Å². The summed E-state index contributed by atoms with van der Waals surface area (Å²) in [6, 6.07) is 13.7. The molecule has 0 bridgehead atoms. The number of halogens is 1. The van der Waals surface area contributed by atoms with Crippen molar-refractivity contribution in [1.82, 2.24) is 15.6 Å². The Balaban J connectivity index is 0.00000200. The normalized spacial score (nSPS) is 9.85. The molecule has 0 unspecified atom stereocenters. The molecule has 4 nitrogen and oxygen atoms in total. The molecular formula is C15H20ClN3O. The molecule has 0 aliphatic heterocycles. The molecule has 0 saturated carbocycles. The number of rotatable bonds is 6. The first-order valence-electron chi connectivity index (χ1n) is 6.54. The molecule has 0 radical (unpaired) electrons. The standard InChI is InChI=1S/C15H19N3O.ClH/c1-2-16-10-11-17-15(19)14-9-8-13(18-14)12-6-4-3-5-7-12;/h3-9,16,18H,2,10-11H2,1H3,(H,17,19);1H. The van der Waals surface area contributed by atoms with Gasteiger partial charge in [0.2, 0.25) is 0 Å². The zero-order valence-electron chi connectivity index (χ0n) is 11.5. The van der Waals surface area contributed by atoms with Crippen LogP contribution in [-0.4, -0.2) is 30.5 Å². The number of nitrogens with one attached hydrogen (secondary N) is 3. The second-order valence-corrected chi connectivity index (χ2v) is 4.26. The maximum atomic E-state index is 11.9. The third-order valence-corrected chi connectivity index (χ3v) is 2.85. The van der Waals surface area contributed by atoms with E-state index >= 15 is 0 Å². The first kappa shape index (κ1) is 16.3. The zero-order chi connectivity index (χ0) is 13.5. The second-order valence-electron chi connectivity index (χ2n) is 4.26. The summed E-state index contributed by atoms with van der Waals surface area (Å²) in [5.74, 6) is -0.0694. The van der Waals surface area contributed by atoms with Gasteiger partial charge in [0.25, 0.3) is 5.91 Å². The molecule has 1 heterocycles. The number of likely N-dealkylation sites (N-methyl/N-ethyl adjacent to an activating group) is 1. The van der Waals surface area contributed by atoms with Crippen molar-refractivity contribution in [3.63, 3.8) is 0 Å². The molecule has 1 aromatic carbocycles. The maximum absolute atomic E-state index is 11.9. The lowest BCUT2D eigenvalue weighted by molar-refractivity contribution is 0.0949. The van der Waals surface area contributed by atoms with Gasteiger partial charge in [0.05, 0.1) is 0 Å². The molecule has 3 N–H and O–H groups in total. The number of hydrogen-bond donors (Lipinski definition) is 3. The van der Waals surface area contributed by atoms with E-state index in [1.807, 2.05) is 49.4 Å². The number of aromatic amines is 1. The molecular weight excluding hydrogens is 274 g/mol. The van der Waals surface area contributed by atoms with E-state index in [0.29, 0.717) is 12.2 Å². The second kappa shape index (κ2) is 8.40. The minimum absolute atomic E-state index is 0. The molecule has 0 fully saturated rings. The number of carbonyl (C=O) groups excluding carboxylic acids is 1. The Morgan fingerprint density at radius 2 is 1.85 bits per heavy atom. The summed E-state index contributed by atoms with van der Waals surface area (Å²) in [7, 11) is 0. The van der Waals surface area contributed by atoms with Gasteiger partial charge in [0, 0.05) is 18.8 Å². The van der Waals surface area contributed by atoms with Gasteiger partial charge in [0.1, 0.15) is 5.69 Å². The number of amides is 1. The van der Waals surface area contributed by atoms with Crippen molar-refractivity contribution in [2.45, 2.75) is 6.92 Å². The molecule has 2 aromatic rings. The Morgan fingerprint density at radius 1 is 1.10 bits per heavy atom. The summed E-state index contributed by atoms with van der Waals surface area (Å²) in [5, 5.41) is 6.03. The Kier molecular flexibility index (Phi) is 6.84. The van der Waals surface area contributed by atoms with E-state index in [4.69, 9.17) is 0 Å². The predicted octanol–water partition coefficient (Wildman–Crippen LogP) is 2.44. The van der Waals surface area contributed by atoms with Gasteiger partial charge in [-0.1, -0.05) is 37.3 Å². The smallest absolute Gasteiger partial charge is 0.267 e. The summed E-state index contributed by atoms with van der Waals surface area (Å²) >= 11 is 0. The molecule has 108 valence electrons. The highest BCUT2D eigenvalue weighted by molar-refractivity contribution is 5.93. The van der Waals surface area contributed by atoms with Crippen LogP contribution < -0.4 is 10.6 Å². The van der Waals surface area contributed by atoms with Crippen molar-refractivity contribution in [2.75, 3.05) is 19.6 Å². The average molecular weight is 294 g/mol. The van der Waals surface area contributed by atoms with Gasteiger partial charge in [-0.15, -0.1) is 12.4 Å². The molecule has 5 heteroatoms. The lowest BCUT2D eigenvalue weighted by Crippen LogP contribution is -2.31.